The summed E-state index contributed by atoms with van der Waals surface area (Å²) >= 11 is 0. The first-order chi connectivity index (χ1) is 14.3. The number of carbonyl (C=O) groups excluding carboxylic acids is 2. The maximum atomic E-state index is 13.7. The number of alkyl halides is 6. The second kappa shape index (κ2) is 8.20. The van der Waals surface area contributed by atoms with Gasteiger partial charge in [0.25, 0.3) is 0 Å². The maximum Gasteiger partial charge on any atom is 0.416 e. The molecule has 4 nitrogen and oxygen atoms in total. The van der Waals surface area contributed by atoms with E-state index in [-0.39, 0.29) is 30.3 Å². The van der Waals surface area contributed by atoms with E-state index in [9.17, 15) is 40.3 Å². The van der Waals surface area contributed by atoms with Gasteiger partial charge < -0.3 is 10.2 Å². The molecule has 1 fully saturated rings. The van der Waals surface area contributed by atoms with E-state index in [1.165, 1.54) is 18.2 Å². The Morgan fingerprint density at radius 3 is 2.13 bits per heavy atom. The second-order valence-corrected chi connectivity index (χ2v) is 7.06. The summed E-state index contributed by atoms with van der Waals surface area (Å²) in [5.74, 6) is -2.92. The number of hydrogen-bond acceptors (Lipinski definition) is 2. The summed E-state index contributed by atoms with van der Waals surface area (Å²) in [6.07, 6.45) is -10.3. The van der Waals surface area contributed by atoms with Gasteiger partial charge in [-0.15, -0.1) is 0 Å². The number of rotatable bonds is 4. The van der Waals surface area contributed by atoms with Crippen LogP contribution in [0, 0.1) is 11.7 Å². The van der Waals surface area contributed by atoms with Crippen LogP contribution in [0.15, 0.2) is 42.5 Å². The number of carbonyl (C=O) groups is 2. The van der Waals surface area contributed by atoms with E-state index in [1.54, 1.807) is 0 Å². The molecule has 0 aromatic heterocycles. The molecule has 0 radical (unpaired) electrons. The molecule has 0 bridgehead atoms. The van der Waals surface area contributed by atoms with Crippen LogP contribution in [0.5, 0.6) is 0 Å². The lowest BCUT2D eigenvalue weighted by Gasteiger charge is -2.19. The Kier molecular flexibility index (Phi) is 5.97. The number of likely N-dealkylation sites (tertiary alicyclic amines) is 1. The third kappa shape index (κ3) is 5.33. The van der Waals surface area contributed by atoms with Crippen molar-refractivity contribution in [3.05, 3.63) is 65.0 Å². The summed E-state index contributed by atoms with van der Waals surface area (Å²) in [4.78, 5) is 25.5. The zero-order chi connectivity index (χ0) is 23.0. The summed E-state index contributed by atoms with van der Waals surface area (Å²) in [7, 11) is 0. The Balaban J connectivity index is 1.77. The highest BCUT2D eigenvalue weighted by Gasteiger charge is 2.38. The van der Waals surface area contributed by atoms with Gasteiger partial charge in [-0.05, 0) is 35.9 Å². The molecule has 2 aromatic carbocycles. The van der Waals surface area contributed by atoms with E-state index in [1.807, 2.05) is 0 Å². The van der Waals surface area contributed by atoms with Crippen molar-refractivity contribution in [1.82, 2.24) is 4.90 Å². The highest BCUT2D eigenvalue weighted by molar-refractivity contribution is 5.97. The molecule has 1 atom stereocenters. The average Bonchev–Trinajstić information content (AvgIpc) is 3.02. The number of hydrogen-bond donors (Lipinski definition) is 1. The largest absolute Gasteiger partial charge is 0.416 e. The minimum atomic E-state index is -5.01. The lowest BCUT2D eigenvalue weighted by molar-refractivity contribution is -0.143. The normalized spacial score (nSPS) is 17.2. The van der Waals surface area contributed by atoms with E-state index in [0.717, 1.165) is 11.0 Å². The van der Waals surface area contributed by atoms with Gasteiger partial charge in [-0.1, -0.05) is 12.1 Å². The molecule has 3 rings (SSSR count). The molecule has 1 heterocycles. The lowest BCUT2D eigenvalue weighted by atomic mass is 10.0. The predicted octanol–water partition coefficient (Wildman–Crippen LogP) is 4.85. The molecular formula is C20H15F7N2O2. The Hall–Kier alpha value is -3.11. The van der Waals surface area contributed by atoms with Crippen molar-refractivity contribution < 1.29 is 40.3 Å². The van der Waals surface area contributed by atoms with Crippen LogP contribution in [0.3, 0.4) is 0 Å². The summed E-state index contributed by atoms with van der Waals surface area (Å²) in [6, 6.07) is 6.40. The number of benzene rings is 2. The number of nitrogens with zero attached hydrogens (tertiary/aromatic N) is 1. The Labute approximate surface area is 171 Å². The molecular weight excluding hydrogens is 433 g/mol. The third-order valence-electron chi connectivity index (χ3n) is 4.74. The van der Waals surface area contributed by atoms with E-state index < -0.39 is 53.6 Å². The molecule has 31 heavy (non-hydrogen) atoms. The van der Waals surface area contributed by atoms with E-state index >= 15 is 0 Å². The maximum absolute atomic E-state index is 13.7. The van der Waals surface area contributed by atoms with Crippen molar-refractivity contribution >= 4 is 17.5 Å². The van der Waals surface area contributed by atoms with Gasteiger partial charge >= 0.3 is 12.4 Å². The molecule has 2 aromatic rings. The predicted molar refractivity (Wildman–Crippen MR) is 95.0 cm³/mol. The van der Waals surface area contributed by atoms with Crippen molar-refractivity contribution in [2.75, 3.05) is 11.9 Å². The van der Waals surface area contributed by atoms with E-state index in [0.29, 0.717) is 12.1 Å². The second-order valence-electron chi connectivity index (χ2n) is 7.06. The van der Waals surface area contributed by atoms with Gasteiger partial charge in [0.2, 0.25) is 11.8 Å². The molecule has 1 aliphatic rings. The number of anilines is 1. The van der Waals surface area contributed by atoms with Crippen LogP contribution in [-0.4, -0.2) is 23.3 Å². The van der Waals surface area contributed by atoms with Crippen LogP contribution in [-0.2, 0) is 28.5 Å². The van der Waals surface area contributed by atoms with Gasteiger partial charge in [0.15, 0.2) is 0 Å². The van der Waals surface area contributed by atoms with Gasteiger partial charge in [-0.3, -0.25) is 9.59 Å². The summed E-state index contributed by atoms with van der Waals surface area (Å²) in [6.45, 7) is -0.758. The van der Waals surface area contributed by atoms with Gasteiger partial charge in [0, 0.05) is 19.5 Å². The molecule has 0 aliphatic carbocycles. The minimum absolute atomic E-state index is 0.0000405. The molecule has 1 aliphatic heterocycles. The van der Waals surface area contributed by atoms with E-state index in [2.05, 4.69) is 5.32 Å². The van der Waals surface area contributed by atoms with Gasteiger partial charge in [-0.2, -0.15) is 26.3 Å². The van der Waals surface area contributed by atoms with Crippen LogP contribution in [0.4, 0.5) is 36.4 Å². The standard InChI is InChI=1S/C20H15F7N2O2/c21-15-3-1-2-4-16(15)28-18(31)12-7-17(30)29(10-12)9-11-5-13(19(22,23)24)8-14(6-11)20(25,26)27/h1-6,8,12H,7,9-10H2,(H,28,31)/t12-/m0/s1. The van der Waals surface area contributed by atoms with Gasteiger partial charge in [0.1, 0.15) is 5.82 Å². The molecule has 11 heteroatoms. The highest BCUT2D eigenvalue weighted by atomic mass is 19.4. The molecule has 0 unspecified atom stereocenters. The monoisotopic (exact) mass is 448 g/mol. The fraction of sp³-hybridized carbons (Fsp3) is 0.300. The van der Waals surface area contributed by atoms with Crippen LogP contribution < -0.4 is 5.32 Å². The third-order valence-corrected chi connectivity index (χ3v) is 4.74. The summed E-state index contributed by atoms with van der Waals surface area (Å²) in [5, 5.41) is 2.32. The highest BCUT2D eigenvalue weighted by Crippen LogP contribution is 2.37. The first kappa shape index (κ1) is 22.6. The number of amides is 2. The molecule has 0 spiro atoms. The van der Waals surface area contributed by atoms with Crippen molar-refractivity contribution in [2.24, 2.45) is 5.92 Å². The summed E-state index contributed by atoms with van der Waals surface area (Å²) < 4.78 is 91.7. The van der Waals surface area contributed by atoms with Crippen LogP contribution >= 0.6 is 0 Å². The fourth-order valence-corrected chi connectivity index (χ4v) is 3.23. The molecule has 2 amide bonds. The topological polar surface area (TPSA) is 49.4 Å². The summed E-state index contributed by atoms with van der Waals surface area (Å²) in [5.41, 5.74) is -3.45. The first-order valence-corrected chi connectivity index (χ1v) is 8.96. The Morgan fingerprint density at radius 1 is 1.00 bits per heavy atom. The van der Waals surface area contributed by atoms with Crippen LogP contribution in [0.1, 0.15) is 23.1 Å². The van der Waals surface area contributed by atoms with Gasteiger partial charge in [0.05, 0.1) is 22.7 Å². The van der Waals surface area contributed by atoms with Crippen molar-refractivity contribution in [3.63, 3.8) is 0 Å². The zero-order valence-corrected chi connectivity index (χ0v) is 15.6. The van der Waals surface area contributed by atoms with Crippen molar-refractivity contribution in [2.45, 2.75) is 25.3 Å². The number of para-hydroxylation sites is 1. The molecule has 1 saturated heterocycles. The minimum Gasteiger partial charge on any atom is -0.338 e. The van der Waals surface area contributed by atoms with Crippen LogP contribution in [0.2, 0.25) is 0 Å². The lowest BCUT2D eigenvalue weighted by Crippen LogP contribution is -2.28. The van der Waals surface area contributed by atoms with Crippen molar-refractivity contribution in [1.29, 1.82) is 0 Å². The smallest absolute Gasteiger partial charge is 0.338 e. The average molecular weight is 448 g/mol. The number of nitrogens with one attached hydrogen (secondary N) is 1. The van der Waals surface area contributed by atoms with Gasteiger partial charge in [-0.25, -0.2) is 4.39 Å². The Bertz CT molecular complexity index is 970. The number of halogens is 7. The quantitative estimate of drug-likeness (QED) is 0.680. The molecule has 166 valence electrons. The molecule has 1 N–H and O–H groups in total. The van der Waals surface area contributed by atoms with E-state index in [4.69, 9.17) is 0 Å². The van der Waals surface area contributed by atoms with Crippen LogP contribution in [0.25, 0.3) is 0 Å². The SMILES string of the molecule is O=C(Nc1ccccc1F)[C@H]1CC(=O)N(Cc2cc(C(F)(F)F)cc(C(F)(F)F)c2)C1. The zero-order valence-electron chi connectivity index (χ0n) is 15.6. The first-order valence-electron chi connectivity index (χ1n) is 8.96. The Morgan fingerprint density at radius 2 is 1.58 bits per heavy atom. The fourth-order valence-electron chi connectivity index (χ4n) is 3.23. The van der Waals surface area contributed by atoms with Crippen molar-refractivity contribution in [3.8, 4) is 0 Å². The molecule has 0 saturated carbocycles.